The fraction of sp³-hybridized carbons (Fsp3) is 0.412. The van der Waals surface area contributed by atoms with Gasteiger partial charge in [-0.2, -0.15) is 20.1 Å². The second-order valence-corrected chi connectivity index (χ2v) is 5.96. The number of para-hydroxylation sites is 1. The van der Waals surface area contributed by atoms with Crippen LogP contribution in [0.4, 0.5) is 23.5 Å². The molecule has 1 aromatic heterocycles. The first-order valence-electron chi connectivity index (χ1n) is 8.66. The molecule has 2 aromatic rings. The number of hydrazone groups is 1. The van der Waals surface area contributed by atoms with Gasteiger partial charge in [0, 0.05) is 18.8 Å². The van der Waals surface area contributed by atoms with Crippen molar-refractivity contribution in [2.45, 2.75) is 25.4 Å². The van der Waals surface area contributed by atoms with Crippen molar-refractivity contribution < 1.29 is 10.2 Å². The minimum atomic E-state index is -1.03. The number of aromatic nitrogens is 3. The van der Waals surface area contributed by atoms with E-state index in [9.17, 15) is 5.11 Å². The van der Waals surface area contributed by atoms with E-state index in [-0.39, 0.29) is 5.95 Å². The van der Waals surface area contributed by atoms with E-state index in [1.807, 2.05) is 30.3 Å². The molecule has 1 aliphatic heterocycles. The van der Waals surface area contributed by atoms with Gasteiger partial charge in [-0.1, -0.05) is 18.2 Å². The van der Waals surface area contributed by atoms with Crippen molar-refractivity contribution in [2.24, 2.45) is 5.10 Å². The average molecular weight is 357 g/mol. The molecule has 9 heteroatoms. The standard InChI is InChI=1S/C17H23N7O2/c25-12-14(26)11-18-23-16-20-15(19-13-7-3-1-4-8-13)21-17(22-16)24-9-5-2-6-10-24/h1,3-4,7-8,11,14,25-26H,2,5-6,9-10,12H2,(H2,19,20,21,22,23)/b18-11+/t14-/m1/s1. The summed E-state index contributed by atoms with van der Waals surface area (Å²) in [6.07, 6.45) is 3.58. The Bertz CT molecular complexity index is 720. The summed E-state index contributed by atoms with van der Waals surface area (Å²) in [5, 5.41) is 25.2. The predicted octanol–water partition coefficient (Wildman–Crippen LogP) is 1.36. The maximum atomic E-state index is 9.33. The van der Waals surface area contributed by atoms with Crippen LogP contribution in [0.3, 0.4) is 0 Å². The number of aliphatic hydroxyl groups excluding tert-OH is 2. The van der Waals surface area contributed by atoms with E-state index in [0.717, 1.165) is 31.6 Å². The monoisotopic (exact) mass is 357 g/mol. The highest BCUT2D eigenvalue weighted by molar-refractivity contribution is 5.64. The normalized spacial score (nSPS) is 15.8. The fourth-order valence-electron chi connectivity index (χ4n) is 2.58. The molecule has 4 N–H and O–H groups in total. The molecule has 0 bridgehead atoms. The molecule has 0 unspecified atom stereocenters. The van der Waals surface area contributed by atoms with Crippen molar-refractivity contribution in [3.8, 4) is 0 Å². The minimum absolute atomic E-state index is 0.264. The Labute approximate surface area is 151 Å². The van der Waals surface area contributed by atoms with E-state index >= 15 is 0 Å². The van der Waals surface area contributed by atoms with E-state index in [2.05, 4.69) is 35.7 Å². The van der Waals surface area contributed by atoms with Gasteiger partial charge in [-0.25, -0.2) is 5.43 Å². The molecule has 0 aliphatic carbocycles. The molecule has 1 fully saturated rings. The third kappa shape index (κ3) is 5.11. The van der Waals surface area contributed by atoms with Gasteiger partial charge in [0.05, 0.1) is 12.8 Å². The zero-order valence-corrected chi connectivity index (χ0v) is 14.4. The molecule has 0 amide bonds. The molecular formula is C17H23N7O2. The molecule has 1 saturated heterocycles. The van der Waals surface area contributed by atoms with E-state index in [1.165, 1.54) is 12.6 Å². The summed E-state index contributed by atoms with van der Waals surface area (Å²) in [6, 6.07) is 9.63. The van der Waals surface area contributed by atoms with Crippen LogP contribution in [0, 0.1) is 0 Å². The van der Waals surface area contributed by atoms with Crippen LogP contribution in [0.25, 0.3) is 0 Å². The van der Waals surface area contributed by atoms with Crippen molar-refractivity contribution in [2.75, 3.05) is 35.3 Å². The van der Waals surface area contributed by atoms with Crippen molar-refractivity contribution in [1.82, 2.24) is 15.0 Å². The highest BCUT2D eigenvalue weighted by atomic mass is 16.3. The molecule has 0 radical (unpaired) electrons. The third-order valence-corrected chi connectivity index (χ3v) is 3.89. The molecule has 0 spiro atoms. The lowest BCUT2D eigenvalue weighted by Gasteiger charge is -2.26. The zero-order valence-electron chi connectivity index (χ0n) is 14.4. The van der Waals surface area contributed by atoms with Gasteiger partial charge in [-0.3, -0.25) is 0 Å². The summed E-state index contributed by atoms with van der Waals surface area (Å²) in [6.45, 7) is 1.41. The Hall–Kier alpha value is -2.78. The van der Waals surface area contributed by atoms with Crippen LogP contribution in [-0.2, 0) is 0 Å². The predicted molar refractivity (Wildman–Crippen MR) is 101 cm³/mol. The summed E-state index contributed by atoms with van der Waals surface area (Å²) in [5.74, 6) is 1.26. The Balaban J connectivity index is 1.82. The van der Waals surface area contributed by atoms with E-state index in [1.54, 1.807) is 0 Å². The zero-order chi connectivity index (χ0) is 18.2. The summed E-state index contributed by atoms with van der Waals surface area (Å²) in [4.78, 5) is 15.4. The van der Waals surface area contributed by atoms with Crippen LogP contribution in [0.5, 0.6) is 0 Å². The SMILES string of the molecule is OC[C@H](O)/C=N/Nc1nc(Nc2ccccc2)nc(N2CCCCC2)n1. The van der Waals surface area contributed by atoms with Crippen LogP contribution in [-0.4, -0.2) is 57.2 Å². The van der Waals surface area contributed by atoms with Crippen molar-refractivity contribution in [1.29, 1.82) is 0 Å². The van der Waals surface area contributed by atoms with Gasteiger partial charge >= 0.3 is 0 Å². The van der Waals surface area contributed by atoms with E-state index in [0.29, 0.717) is 11.9 Å². The van der Waals surface area contributed by atoms with Crippen LogP contribution >= 0.6 is 0 Å². The smallest absolute Gasteiger partial charge is 0.250 e. The summed E-state index contributed by atoms with van der Waals surface area (Å²) >= 11 is 0. The second kappa shape index (κ2) is 9.07. The van der Waals surface area contributed by atoms with Gasteiger partial charge in [0.25, 0.3) is 0 Å². The molecule has 138 valence electrons. The first-order chi connectivity index (χ1) is 12.7. The molecule has 1 aliphatic rings. The Morgan fingerprint density at radius 1 is 1.08 bits per heavy atom. The number of hydrogen-bond donors (Lipinski definition) is 4. The van der Waals surface area contributed by atoms with Crippen molar-refractivity contribution in [3.05, 3.63) is 30.3 Å². The molecule has 1 aromatic carbocycles. The van der Waals surface area contributed by atoms with E-state index in [4.69, 9.17) is 5.11 Å². The second-order valence-electron chi connectivity index (χ2n) is 5.96. The maximum Gasteiger partial charge on any atom is 0.250 e. The molecular weight excluding hydrogens is 334 g/mol. The fourth-order valence-corrected chi connectivity index (χ4v) is 2.58. The summed E-state index contributed by atoms with van der Waals surface area (Å²) < 4.78 is 0. The van der Waals surface area contributed by atoms with Crippen LogP contribution in [0.1, 0.15) is 19.3 Å². The van der Waals surface area contributed by atoms with Gasteiger partial charge in [-0.15, -0.1) is 0 Å². The van der Waals surface area contributed by atoms with Crippen LogP contribution in [0.2, 0.25) is 0 Å². The number of rotatable bonds is 7. The first-order valence-corrected chi connectivity index (χ1v) is 8.66. The third-order valence-electron chi connectivity index (χ3n) is 3.89. The lowest BCUT2D eigenvalue weighted by atomic mass is 10.1. The number of piperidine rings is 1. The van der Waals surface area contributed by atoms with Crippen LogP contribution < -0.4 is 15.6 Å². The molecule has 26 heavy (non-hydrogen) atoms. The molecule has 3 rings (SSSR count). The minimum Gasteiger partial charge on any atom is -0.393 e. The van der Waals surface area contributed by atoms with Crippen molar-refractivity contribution in [3.63, 3.8) is 0 Å². The lowest BCUT2D eigenvalue weighted by Crippen LogP contribution is -2.31. The Morgan fingerprint density at radius 3 is 2.54 bits per heavy atom. The Morgan fingerprint density at radius 2 is 1.81 bits per heavy atom. The topological polar surface area (TPSA) is 119 Å². The van der Waals surface area contributed by atoms with Gasteiger partial charge in [0.1, 0.15) is 6.10 Å². The van der Waals surface area contributed by atoms with Gasteiger partial charge < -0.3 is 20.4 Å². The molecule has 1 atom stereocenters. The van der Waals surface area contributed by atoms with E-state index < -0.39 is 12.7 Å². The first kappa shape index (κ1) is 18.0. The number of aliphatic hydroxyl groups is 2. The lowest BCUT2D eigenvalue weighted by molar-refractivity contribution is 0.148. The number of benzene rings is 1. The number of nitrogens with zero attached hydrogens (tertiary/aromatic N) is 5. The number of hydrogen-bond acceptors (Lipinski definition) is 9. The Kier molecular flexibility index (Phi) is 6.29. The number of nitrogens with one attached hydrogen (secondary N) is 2. The highest BCUT2D eigenvalue weighted by Gasteiger charge is 2.16. The van der Waals surface area contributed by atoms with Gasteiger partial charge in [0.2, 0.25) is 17.8 Å². The molecule has 2 heterocycles. The summed E-state index contributed by atoms with van der Waals surface area (Å²) in [5.41, 5.74) is 3.55. The van der Waals surface area contributed by atoms with Crippen molar-refractivity contribution >= 4 is 29.7 Å². The quantitative estimate of drug-likeness (QED) is 0.433. The maximum absolute atomic E-state index is 9.33. The average Bonchev–Trinajstić information content (AvgIpc) is 2.69. The molecule has 0 saturated carbocycles. The largest absolute Gasteiger partial charge is 0.393 e. The number of anilines is 4. The molecule has 9 nitrogen and oxygen atoms in total. The summed E-state index contributed by atoms with van der Waals surface area (Å²) in [7, 11) is 0. The highest BCUT2D eigenvalue weighted by Crippen LogP contribution is 2.20. The van der Waals surface area contributed by atoms with Gasteiger partial charge in [0.15, 0.2) is 0 Å². The van der Waals surface area contributed by atoms with Crippen LogP contribution in [0.15, 0.2) is 35.4 Å². The van der Waals surface area contributed by atoms with Gasteiger partial charge in [-0.05, 0) is 31.4 Å².